The van der Waals surface area contributed by atoms with Crippen LogP contribution >= 0.6 is 11.3 Å². The monoisotopic (exact) mass is 391 g/mol. The van der Waals surface area contributed by atoms with Crippen LogP contribution in [0.15, 0.2) is 48.8 Å². The third kappa shape index (κ3) is 4.91. The van der Waals surface area contributed by atoms with Crippen LogP contribution in [0.2, 0.25) is 0 Å². The maximum absolute atomic E-state index is 12.8. The van der Waals surface area contributed by atoms with E-state index >= 15 is 0 Å². The zero-order valence-corrected chi connectivity index (χ0v) is 15.2. The molecule has 140 valence electrons. The zero-order valence-electron chi connectivity index (χ0n) is 14.4. The van der Waals surface area contributed by atoms with Gasteiger partial charge in [-0.25, -0.2) is 4.98 Å². The van der Waals surface area contributed by atoms with Gasteiger partial charge >= 0.3 is 6.18 Å². The number of alkyl halides is 3. The molecule has 0 aliphatic heterocycles. The molecule has 1 N–H and O–H groups in total. The average molecular weight is 391 g/mol. The Hall–Kier alpha value is -2.74. The van der Waals surface area contributed by atoms with Crippen molar-refractivity contribution < 1.29 is 18.0 Å². The van der Waals surface area contributed by atoms with E-state index in [1.54, 1.807) is 19.3 Å². The van der Waals surface area contributed by atoms with E-state index in [0.29, 0.717) is 17.0 Å². The first-order chi connectivity index (χ1) is 12.8. The van der Waals surface area contributed by atoms with Crippen LogP contribution in [0.4, 0.5) is 18.9 Å². The lowest BCUT2D eigenvalue weighted by Gasteiger charge is -2.09. The Balaban J connectivity index is 1.69. The van der Waals surface area contributed by atoms with Gasteiger partial charge in [-0.15, -0.1) is 11.3 Å². The smallest absolute Gasteiger partial charge is 0.321 e. The van der Waals surface area contributed by atoms with Crippen LogP contribution < -0.4 is 5.32 Å². The number of carbonyl (C=O) groups is 1. The molecule has 2 aromatic heterocycles. The number of nitrogens with zero attached hydrogens (tertiary/aromatic N) is 2. The number of anilines is 1. The number of halogens is 3. The molecular formula is C19H16F3N3OS. The second-order valence-corrected chi connectivity index (χ2v) is 6.99. The molecule has 0 fully saturated rings. The maximum atomic E-state index is 12.8. The van der Waals surface area contributed by atoms with Gasteiger partial charge in [0.25, 0.3) is 5.91 Å². The highest BCUT2D eigenvalue weighted by Gasteiger charge is 2.30. The SMILES string of the molecule is Cc1nc(CCc2ccncc2)sc1C(=O)Nc1cccc(C(F)(F)F)c1. The number of hydrogen-bond acceptors (Lipinski definition) is 4. The van der Waals surface area contributed by atoms with E-state index in [1.165, 1.54) is 23.5 Å². The quantitative estimate of drug-likeness (QED) is 0.673. The summed E-state index contributed by atoms with van der Waals surface area (Å²) in [6, 6.07) is 8.40. The lowest BCUT2D eigenvalue weighted by atomic mass is 10.1. The number of pyridine rings is 1. The van der Waals surface area contributed by atoms with Crippen LogP contribution in [-0.4, -0.2) is 15.9 Å². The molecule has 1 amide bonds. The highest BCUT2D eigenvalue weighted by molar-refractivity contribution is 7.13. The predicted octanol–water partition coefficient (Wildman–Crippen LogP) is 4.90. The third-order valence-corrected chi connectivity index (χ3v) is 5.09. The highest BCUT2D eigenvalue weighted by atomic mass is 32.1. The summed E-state index contributed by atoms with van der Waals surface area (Å²) in [6.07, 6.45) is 0.421. The number of aryl methyl sites for hydroxylation is 3. The molecule has 3 rings (SSSR count). The summed E-state index contributed by atoms with van der Waals surface area (Å²) in [5.41, 5.74) is 0.974. The van der Waals surface area contributed by atoms with Gasteiger partial charge in [0.1, 0.15) is 4.88 Å². The molecule has 0 spiro atoms. The normalized spacial score (nSPS) is 11.4. The summed E-state index contributed by atoms with van der Waals surface area (Å²) in [5, 5.41) is 3.33. The molecule has 0 aliphatic carbocycles. The van der Waals surface area contributed by atoms with Crippen LogP contribution in [-0.2, 0) is 19.0 Å². The maximum Gasteiger partial charge on any atom is 0.416 e. The summed E-state index contributed by atoms with van der Waals surface area (Å²) >= 11 is 1.25. The molecule has 1 aromatic carbocycles. The molecule has 0 bridgehead atoms. The molecule has 0 radical (unpaired) electrons. The Kier molecular flexibility index (Phi) is 5.55. The summed E-state index contributed by atoms with van der Waals surface area (Å²) < 4.78 is 38.4. The first-order valence-corrected chi connectivity index (χ1v) is 8.98. The number of rotatable bonds is 5. The fourth-order valence-corrected chi connectivity index (χ4v) is 3.49. The predicted molar refractivity (Wildman–Crippen MR) is 97.9 cm³/mol. The van der Waals surface area contributed by atoms with E-state index in [-0.39, 0.29) is 5.69 Å². The summed E-state index contributed by atoms with van der Waals surface area (Å²) in [4.78, 5) is 21.2. The van der Waals surface area contributed by atoms with Gasteiger partial charge in [-0.1, -0.05) is 6.07 Å². The second kappa shape index (κ2) is 7.87. The van der Waals surface area contributed by atoms with Crippen molar-refractivity contribution in [1.82, 2.24) is 9.97 Å². The van der Waals surface area contributed by atoms with E-state index < -0.39 is 17.6 Å². The average Bonchev–Trinajstić information content (AvgIpc) is 3.01. The number of aromatic nitrogens is 2. The van der Waals surface area contributed by atoms with Gasteiger partial charge in [-0.2, -0.15) is 13.2 Å². The Bertz CT molecular complexity index is 939. The van der Waals surface area contributed by atoms with Crippen LogP contribution in [0, 0.1) is 6.92 Å². The lowest BCUT2D eigenvalue weighted by molar-refractivity contribution is -0.137. The fraction of sp³-hybridized carbons (Fsp3) is 0.211. The molecule has 4 nitrogen and oxygen atoms in total. The molecule has 3 aromatic rings. The van der Waals surface area contributed by atoms with Crippen molar-refractivity contribution >= 4 is 22.9 Å². The largest absolute Gasteiger partial charge is 0.416 e. The van der Waals surface area contributed by atoms with Crippen molar-refractivity contribution in [3.8, 4) is 0 Å². The first kappa shape index (κ1) is 19.0. The van der Waals surface area contributed by atoms with E-state index in [0.717, 1.165) is 29.1 Å². The molecule has 0 aliphatic rings. The minimum absolute atomic E-state index is 0.0981. The summed E-state index contributed by atoms with van der Waals surface area (Å²) in [7, 11) is 0. The number of carbonyl (C=O) groups excluding carboxylic acids is 1. The van der Waals surface area contributed by atoms with Crippen LogP contribution in [0.25, 0.3) is 0 Å². The lowest BCUT2D eigenvalue weighted by Crippen LogP contribution is -2.13. The fourth-order valence-electron chi connectivity index (χ4n) is 2.53. The third-order valence-electron chi connectivity index (χ3n) is 3.87. The van der Waals surface area contributed by atoms with Gasteiger partial charge in [-0.3, -0.25) is 9.78 Å². The molecular weight excluding hydrogens is 375 g/mol. The molecule has 2 heterocycles. The van der Waals surface area contributed by atoms with Crippen LogP contribution in [0.1, 0.15) is 31.5 Å². The van der Waals surface area contributed by atoms with Crippen molar-refractivity contribution in [1.29, 1.82) is 0 Å². The number of amides is 1. The zero-order chi connectivity index (χ0) is 19.4. The Morgan fingerprint density at radius 1 is 1.15 bits per heavy atom. The van der Waals surface area contributed by atoms with Crippen LogP contribution in [0.5, 0.6) is 0 Å². The molecule has 0 saturated heterocycles. The highest BCUT2D eigenvalue weighted by Crippen LogP contribution is 2.31. The topological polar surface area (TPSA) is 54.9 Å². The van der Waals surface area contributed by atoms with Gasteiger partial charge < -0.3 is 5.32 Å². The summed E-state index contributed by atoms with van der Waals surface area (Å²) in [6.45, 7) is 1.72. The molecule has 0 unspecified atom stereocenters. The van der Waals surface area contributed by atoms with Crippen LogP contribution in [0.3, 0.4) is 0 Å². The van der Waals surface area contributed by atoms with Gasteiger partial charge in [0.05, 0.1) is 16.3 Å². The minimum Gasteiger partial charge on any atom is -0.321 e. The Morgan fingerprint density at radius 2 is 1.89 bits per heavy atom. The van der Waals surface area contributed by atoms with Gasteiger partial charge in [0, 0.05) is 24.5 Å². The van der Waals surface area contributed by atoms with Gasteiger partial charge in [0.2, 0.25) is 0 Å². The number of benzene rings is 1. The number of thiazole rings is 1. The standard InChI is InChI=1S/C19H16F3N3OS/c1-12-17(27-16(24-12)6-5-13-7-9-23-10-8-13)18(26)25-15-4-2-3-14(11-15)19(20,21)22/h2-4,7-11H,5-6H2,1H3,(H,25,26). The van der Waals surface area contributed by atoms with Gasteiger partial charge in [-0.05, 0) is 49.2 Å². The molecule has 27 heavy (non-hydrogen) atoms. The van der Waals surface area contributed by atoms with Crippen molar-refractivity contribution in [2.24, 2.45) is 0 Å². The first-order valence-electron chi connectivity index (χ1n) is 8.17. The molecule has 0 saturated carbocycles. The molecule has 8 heteroatoms. The van der Waals surface area contributed by atoms with E-state index in [9.17, 15) is 18.0 Å². The van der Waals surface area contributed by atoms with Crippen molar-refractivity contribution in [2.45, 2.75) is 25.9 Å². The van der Waals surface area contributed by atoms with Crippen molar-refractivity contribution in [3.63, 3.8) is 0 Å². The minimum atomic E-state index is -4.46. The summed E-state index contributed by atoms with van der Waals surface area (Å²) in [5.74, 6) is -0.459. The second-order valence-electron chi connectivity index (χ2n) is 5.91. The van der Waals surface area contributed by atoms with E-state index in [1.807, 2.05) is 12.1 Å². The number of nitrogens with one attached hydrogen (secondary N) is 1. The van der Waals surface area contributed by atoms with Gasteiger partial charge in [0.15, 0.2) is 0 Å². The van der Waals surface area contributed by atoms with Crippen molar-refractivity contribution in [3.05, 3.63) is 75.5 Å². The Morgan fingerprint density at radius 3 is 2.59 bits per heavy atom. The van der Waals surface area contributed by atoms with E-state index in [4.69, 9.17) is 0 Å². The van der Waals surface area contributed by atoms with Crippen molar-refractivity contribution in [2.75, 3.05) is 5.32 Å². The van der Waals surface area contributed by atoms with E-state index in [2.05, 4.69) is 15.3 Å². The molecule has 0 atom stereocenters. The number of hydrogen-bond donors (Lipinski definition) is 1. The Labute approximate surface area is 158 Å².